The van der Waals surface area contributed by atoms with Gasteiger partial charge in [0.25, 0.3) is 5.91 Å². The van der Waals surface area contributed by atoms with Gasteiger partial charge in [0.1, 0.15) is 17.4 Å². The van der Waals surface area contributed by atoms with E-state index in [4.69, 9.17) is 4.74 Å². The number of benzene rings is 2. The highest BCUT2D eigenvalue weighted by Gasteiger charge is 2.24. The van der Waals surface area contributed by atoms with E-state index >= 15 is 0 Å². The number of ether oxygens (including phenoxy) is 1. The molecule has 1 saturated heterocycles. The molecule has 0 spiro atoms. The molecule has 0 aromatic heterocycles. The lowest BCUT2D eigenvalue weighted by Gasteiger charge is -2.36. The van der Waals surface area contributed by atoms with E-state index in [1.807, 2.05) is 29.2 Å². The van der Waals surface area contributed by atoms with Gasteiger partial charge in [-0.25, -0.2) is 4.39 Å². The number of carbonyl (C=O) groups excluding carboxylic acids is 1. The van der Waals surface area contributed by atoms with Crippen LogP contribution in [0.4, 0.5) is 10.1 Å². The molecule has 0 unspecified atom stereocenters. The van der Waals surface area contributed by atoms with Gasteiger partial charge in [-0.05, 0) is 29.8 Å². The number of nitriles is 1. The molecule has 134 valence electrons. The molecule has 0 N–H and O–H groups in total. The van der Waals surface area contributed by atoms with Crippen LogP contribution >= 0.6 is 0 Å². The summed E-state index contributed by atoms with van der Waals surface area (Å²) in [5, 5.41) is 9.20. The van der Waals surface area contributed by atoms with Crippen LogP contribution in [0.15, 0.2) is 42.5 Å². The van der Waals surface area contributed by atoms with Crippen LogP contribution in [0.5, 0.6) is 0 Å². The van der Waals surface area contributed by atoms with E-state index < -0.39 is 5.82 Å². The third-order valence-corrected chi connectivity index (χ3v) is 4.50. The molecule has 1 aliphatic heterocycles. The van der Waals surface area contributed by atoms with E-state index in [0.29, 0.717) is 44.0 Å². The van der Waals surface area contributed by atoms with Gasteiger partial charge >= 0.3 is 0 Å². The zero-order valence-corrected chi connectivity index (χ0v) is 14.6. The molecular formula is C20H20FN3O2. The number of hydrogen-bond donors (Lipinski definition) is 0. The molecule has 26 heavy (non-hydrogen) atoms. The molecule has 0 saturated carbocycles. The summed E-state index contributed by atoms with van der Waals surface area (Å²) in [6, 6.07) is 14.0. The highest BCUT2D eigenvalue weighted by atomic mass is 19.1. The van der Waals surface area contributed by atoms with Crippen molar-refractivity contribution in [2.75, 3.05) is 38.2 Å². The molecule has 1 amide bonds. The summed E-state index contributed by atoms with van der Waals surface area (Å²) in [5.74, 6) is -0.541. The lowest BCUT2D eigenvalue weighted by Crippen LogP contribution is -2.49. The largest absolute Gasteiger partial charge is 0.380 e. The minimum Gasteiger partial charge on any atom is -0.380 e. The highest BCUT2D eigenvalue weighted by Crippen LogP contribution is 2.24. The van der Waals surface area contributed by atoms with Gasteiger partial charge in [-0.3, -0.25) is 4.79 Å². The number of rotatable bonds is 4. The summed E-state index contributed by atoms with van der Waals surface area (Å²) in [7, 11) is 1.62. The Kier molecular flexibility index (Phi) is 5.49. The van der Waals surface area contributed by atoms with Crippen LogP contribution in [0.3, 0.4) is 0 Å². The number of hydrogen-bond acceptors (Lipinski definition) is 4. The summed E-state index contributed by atoms with van der Waals surface area (Å²) in [5.41, 5.74) is 2.23. The number of carbonyl (C=O) groups is 1. The van der Waals surface area contributed by atoms with Crippen molar-refractivity contribution in [1.29, 1.82) is 5.26 Å². The van der Waals surface area contributed by atoms with Crippen LogP contribution in [0, 0.1) is 17.1 Å². The van der Waals surface area contributed by atoms with Gasteiger partial charge in [-0.15, -0.1) is 0 Å². The topological polar surface area (TPSA) is 56.6 Å². The van der Waals surface area contributed by atoms with Gasteiger partial charge in [0.2, 0.25) is 0 Å². The molecule has 1 fully saturated rings. The van der Waals surface area contributed by atoms with Gasteiger partial charge in [0.05, 0.1) is 12.3 Å². The Morgan fingerprint density at radius 3 is 2.62 bits per heavy atom. The second-order valence-electron chi connectivity index (χ2n) is 6.16. The Morgan fingerprint density at radius 2 is 1.92 bits per heavy atom. The van der Waals surface area contributed by atoms with Gasteiger partial charge in [-0.2, -0.15) is 5.26 Å². The maximum Gasteiger partial charge on any atom is 0.253 e. The summed E-state index contributed by atoms with van der Waals surface area (Å²) in [4.78, 5) is 16.5. The number of methoxy groups -OCH3 is 1. The lowest BCUT2D eigenvalue weighted by molar-refractivity contribution is 0.0746. The number of anilines is 1. The summed E-state index contributed by atoms with van der Waals surface area (Å²) >= 11 is 0. The summed E-state index contributed by atoms with van der Waals surface area (Å²) in [6.07, 6.45) is 0. The summed E-state index contributed by atoms with van der Waals surface area (Å²) in [6.45, 7) is 2.62. The standard InChI is InChI=1S/C20H20FN3O2/c1-26-14-15-4-2-5-16(12-15)20(25)24-10-8-23(9-11-24)19-7-3-6-18(21)17(19)13-22/h2-7,12H,8-11,14H2,1H3. The second-order valence-corrected chi connectivity index (χ2v) is 6.16. The van der Waals surface area contributed by atoms with Gasteiger partial charge in [0, 0.05) is 38.9 Å². The monoisotopic (exact) mass is 353 g/mol. The van der Waals surface area contributed by atoms with E-state index in [-0.39, 0.29) is 11.5 Å². The molecule has 1 heterocycles. The first-order chi connectivity index (χ1) is 12.6. The van der Waals surface area contributed by atoms with Crippen molar-refractivity contribution in [2.45, 2.75) is 6.61 Å². The van der Waals surface area contributed by atoms with Gasteiger partial charge in [0.15, 0.2) is 0 Å². The van der Waals surface area contributed by atoms with Crippen molar-refractivity contribution < 1.29 is 13.9 Å². The zero-order chi connectivity index (χ0) is 18.5. The number of halogens is 1. The predicted octanol–water partition coefficient (Wildman–Crippen LogP) is 2.81. The molecule has 5 nitrogen and oxygen atoms in total. The average Bonchev–Trinajstić information content (AvgIpc) is 2.68. The lowest BCUT2D eigenvalue weighted by atomic mass is 10.1. The third-order valence-electron chi connectivity index (χ3n) is 4.50. The molecule has 2 aromatic carbocycles. The van der Waals surface area contributed by atoms with Crippen LogP contribution in [-0.4, -0.2) is 44.1 Å². The first-order valence-corrected chi connectivity index (χ1v) is 8.44. The van der Waals surface area contributed by atoms with Crippen LogP contribution in [0.2, 0.25) is 0 Å². The third kappa shape index (κ3) is 3.68. The maximum atomic E-state index is 13.8. The van der Waals surface area contributed by atoms with Crippen LogP contribution in [0.25, 0.3) is 0 Å². The van der Waals surface area contributed by atoms with Gasteiger partial charge in [-0.1, -0.05) is 18.2 Å². The summed E-state index contributed by atoms with van der Waals surface area (Å²) < 4.78 is 18.9. The SMILES string of the molecule is COCc1cccc(C(=O)N2CCN(c3cccc(F)c3C#N)CC2)c1. The fourth-order valence-electron chi connectivity index (χ4n) is 3.18. The van der Waals surface area contributed by atoms with E-state index in [9.17, 15) is 14.4 Å². The molecular weight excluding hydrogens is 333 g/mol. The number of piperazine rings is 1. The normalized spacial score (nSPS) is 14.2. The van der Waals surface area contributed by atoms with Crippen LogP contribution < -0.4 is 4.90 Å². The van der Waals surface area contributed by atoms with E-state index in [0.717, 1.165) is 5.56 Å². The molecule has 3 rings (SSSR count). The van der Waals surface area contributed by atoms with Crippen LogP contribution in [-0.2, 0) is 11.3 Å². The fourth-order valence-corrected chi connectivity index (χ4v) is 3.18. The van der Waals surface area contributed by atoms with Crippen molar-refractivity contribution in [2.24, 2.45) is 0 Å². The Labute approximate surface area is 152 Å². The fraction of sp³-hybridized carbons (Fsp3) is 0.300. The van der Waals surface area contributed by atoms with E-state index in [1.54, 1.807) is 30.2 Å². The number of nitrogens with zero attached hydrogens (tertiary/aromatic N) is 3. The smallest absolute Gasteiger partial charge is 0.253 e. The average molecular weight is 353 g/mol. The number of amides is 1. The molecule has 0 bridgehead atoms. The molecule has 6 heteroatoms. The minimum absolute atomic E-state index is 0.0256. The van der Waals surface area contributed by atoms with Crippen molar-refractivity contribution in [1.82, 2.24) is 4.90 Å². The quantitative estimate of drug-likeness (QED) is 0.848. The van der Waals surface area contributed by atoms with Crippen molar-refractivity contribution in [3.05, 3.63) is 65.0 Å². The molecule has 0 aliphatic carbocycles. The zero-order valence-electron chi connectivity index (χ0n) is 14.6. The van der Waals surface area contributed by atoms with Crippen molar-refractivity contribution >= 4 is 11.6 Å². The van der Waals surface area contributed by atoms with Gasteiger partial charge < -0.3 is 14.5 Å². The van der Waals surface area contributed by atoms with E-state index in [2.05, 4.69) is 0 Å². The Morgan fingerprint density at radius 1 is 1.19 bits per heavy atom. The predicted molar refractivity (Wildman–Crippen MR) is 96.4 cm³/mol. The molecule has 0 atom stereocenters. The molecule has 0 radical (unpaired) electrons. The minimum atomic E-state index is -0.515. The van der Waals surface area contributed by atoms with Crippen molar-refractivity contribution in [3.8, 4) is 6.07 Å². The molecule has 1 aliphatic rings. The van der Waals surface area contributed by atoms with E-state index in [1.165, 1.54) is 6.07 Å². The first-order valence-electron chi connectivity index (χ1n) is 8.44. The van der Waals surface area contributed by atoms with Crippen molar-refractivity contribution in [3.63, 3.8) is 0 Å². The highest BCUT2D eigenvalue weighted by molar-refractivity contribution is 5.94. The Balaban J connectivity index is 1.69. The maximum absolute atomic E-state index is 13.8. The Hall–Kier alpha value is -2.91. The van der Waals surface area contributed by atoms with Crippen LogP contribution in [0.1, 0.15) is 21.5 Å². The molecule has 2 aromatic rings. The first kappa shape index (κ1) is 17.9. The Bertz CT molecular complexity index is 839. The second kappa shape index (κ2) is 7.98.